The van der Waals surface area contributed by atoms with E-state index < -0.39 is 0 Å². The van der Waals surface area contributed by atoms with Crippen LogP contribution in [0.2, 0.25) is 0 Å². The lowest BCUT2D eigenvalue weighted by Gasteiger charge is -2.02. The summed E-state index contributed by atoms with van der Waals surface area (Å²) in [6, 6.07) is 7.64. The molecule has 4 nitrogen and oxygen atoms in total. The number of ether oxygens (including phenoxy) is 1. The Kier molecular flexibility index (Phi) is 3.00. The maximum absolute atomic E-state index is 5.21. The first kappa shape index (κ1) is 10.4. The lowest BCUT2D eigenvalue weighted by atomic mass is 10.3. The summed E-state index contributed by atoms with van der Waals surface area (Å²) in [5.41, 5.74) is 1.76. The number of benzene rings is 1. The molecule has 0 aliphatic carbocycles. The molecule has 0 saturated carbocycles. The highest BCUT2D eigenvalue weighted by Gasteiger charge is 1.98. The van der Waals surface area contributed by atoms with Gasteiger partial charge < -0.3 is 9.30 Å². The van der Waals surface area contributed by atoms with Gasteiger partial charge in [0.2, 0.25) is 0 Å². The first-order chi connectivity index (χ1) is 7.81. The number of aliphatic imine (C=N–C) groups is 1. The number of nitrogens with zero attached hydrogens (tertiary/aromatic N) is 3. The van der Waals surface area contributed by atoms with Crippen molar-refractivity contribution in [1.29, 1.82) is 0 Å². The Labute approximate surface area is 94.2 Å². The van der Waals surface area contributed by atoms with E-state index in [1.54, 1.807) is 25.8 Å². The van der Waals surface area contributed by atoms with E-state index in [-0.39, 0.29) is 0 Å². The largest absolute Gasteiger partial charge is 0.494 e. The smallest absolute Gasteiger partial charge is 0.144 e. The number of methoxy groups -OCH3 is 1. The summed E-state index contributed by atoms with van der Waals surface area (Å²) in [5.74, 6) is 0.765. The molecule has 16 heavy (non-hydrogen) atoms. The highest BCUT2D eigenvalue weighted by molar-refractivity contribution is 5.80. The van der Waals surface area contributed by atoms with Crippen LogP contribution >= 0.6 is 0 Å². The van der Waals surface area contributed by atoms with Gasteiger partial charge in [-0.3, -0.25) is 4.99 Å². The molecule has 1 heterocycles. The number of para-hydroxylation sites is 2. The zero-order valence-corrected chi connectivity index (χ0v) is 9.29. The average Bonchev–Trinajstić information content (AvgIpc) is 2.72. The average molecular weight is 215 g/mol. The third-order valence-electron chi connectivity index (χ3n) is 2.28. The molecule has 1 aromatic heterocycles. The van der Waals surface area contributed by atoms with E-state index in [4.69, 9.17) is 4.74 Å². The van der Waals surface area contributed by atoms with E-state index in [2.05, 4.69) is 9.98 Å². The molecular weight excluding hydrogens is 202 g/mol. The van der Waals surface area contributed by atoms with E-state index >= 15 is 0 Å². The van der Waals surface area contributed by atoms with Gasteiger partial charge in [-0.05, 0) is 12.1 Å². The summed E-state index contributed by atoms with van der Waals surface area (Å²) in [4.78, 5) is 8.39. The molecule has 0 unspecified atom stereocenters. The molecule has 82 valence electrons. The second kappa shape index (κ2) is 4.61. The van der Waals surface area contributed by atoms with Crippen LogP contribution in [0.1, 0.15) is 5.69 Å². The van der Waals surface area contributed by atoms with Gasteiger partial charge in [0.25, 0.3) is 0 Å². The molecule has 0 radical (unpaired) electrons. The summed E-state index contributed by atoms with van der Waals surface area (Å²) in [7, 11) is 3.56. The zero-order chi connectivity index (χ0) is 11.4. The number of rotatable bonds is 3. The van der Waals surface area contributed by atoms with Crippen LogP contribution in [0.3, 0.4) is 0 Å². The molecule has 2 aromatic rings. The second-order valence-electron chi connectivity index (χ2n) is 3.36. The molecule has 0 bridgehead atoms. The Balaban J connectivity index is 2.27. The summed E-state index contributed by atoms with van der Waals surface area (Å²) in [6.45, 7) is 0. The highest BCUT2D eigenvalue weighted by atomic mass is 16.5. The molecule has 0 aliphatic heterocycles. The van der Waals surface area contributed by atoms with Gasteiger partial charge in [-0.1, -0.05) is 12.1 Å². The minimum absolute atomic E-state index is 0.765. The zero-order valence-electron chi connectivity index (χ0n) is 9.29. The molecule has 1 aromatic carbocycles. The Hall–Kier alpha value is -2.10. The normalized spacial score (nSPS) is 10.9. The van der Waals surface area contributed by atoms with Crippen LogP contribution in [0.15, 0.2) is 41.8 Å². The molecule has 2 rings (SSSR count). The molecule has 0 aliphatic rings. The summed E-state index contributed by atoms with van der Waals surface area (Å²) in [5, 5.41) is 0. The van der Waals surface area contributed by atoms with Crippen molar-refractivity contribution >= 4 is 11.9 Å². The quantitative estimate of drug-likeness (QED) is 0.736. The first-order valence-electron chi connectivity index (χ1n) is 4.94. The lowest BCUT2D eigenvalue weighted by Crippen LogP contribution is -1.92. The van der Waals surface area contributed by atoms with Crippen LogP contribution in [0.25, 0.3) is 0 Å². The van der Waals surface area contributed by atoms with Crippen molar-refractivity contribution < 1.29 is 4.74 Å². The van der Waals surface area contributed by atoms with Gasteiger partial charge in [0.1, 0.15) is 11.4 Å². The van der Waals surface area contributed by atoms with Gasteiger partial charge in [-0.25, -0.2) is 4.98 Å². The number of aryl methyl sites for hydroxylation is 1. The van der Waals surface area contributed by atoms with Gasteiger partial charge in [-0.2, -0.15) is 0 Å². The maximum Gasteiger partial charge on any atom is 0.144 e. The molecular formula is C12H13N3O. The maximum atomic E-state index is 5.21. The molecule has 4 heteroatoms. The van der Waals surface area contributed by atoms with E-state index in [0.717, 1.165) is 17.1 Å². The number of hydrogen-bond donors (Lipinski definition) is 0. The molecule has 0 fully saturated rings. The van der Waals surface area contributed by atoms with Crippen molar-refractivity contribution in [3.63, 3.8) is 0 Å². The van der Waals surface area contributed by atoms with Gasteiger partial charge >= 0.3 is 0 Å². The minimum atomic E-state index is 0.765. The predicted octanol–water partition coefficient (Wildman–Crippen LogP) is 2.18. The molecule has 0 amide bonds. The van der Waals surface area contributed by atoms with Crippen molar-refractivity contribution in [2.75, 3.05) is 7.11 Å². The van der Waals surface area contributed by atoms with Crippen LogP contribution in [0.4, 0.5) is 5.69 Å². The van der Waals surface area contributed by atoms with Gasteiger partial charge in [0, 0.05) is 7.05 Å². The molecule has 0 N–H and O–H groups in total. The Morgan fingerprint density at radius 1 is 1.38 bits per heavy atom. The van der Waals surface area contributed by atoms with Gasteiger partial charge in [0.05, 0.1) is 31.5 Å². The van der Waals surface area contributed by atoms with E-state index in [1.807, 2.05) is 35.9 Å². The fraction of sp³-hybridized carbons (Fsp3) is 0.167. The highest BCUT2D eigenvalue weighted by Crippen LogP contribution is 2.25. The van der Waals surface area contributed by atoms with E-state index in [9.17, 15) is 0 Å². The van der Waals surface area contributed by atoms with Crippen molar-refractivity contribution in [2.45, 2.75) is 0 Å². The van der Waals surface area contributed by atoms with Crippen LogP contribution in [0.5, 0.6) is 5.75 Å². The first-order valence-corrected chi connectivity index (χ1v) is 4.94. The molecule has 0 atom stereocenters. The van der Waals surface area contributed by atoms with Crippen molar-refractivity contribution in [3.05, 3.63) is 42.5 Å². The number of aromatic nitrogens is 2. The van der Waals surface area contributed by atoms with Crippen molar-refractivity contribution in [2.24, 2.45) is 12.0 Å². The van der Waals surface area contributed by atoms with Crippen LogP contribution < -0.4 is 4.74 Å². The molecule has 0 spiro atoms. The van der Waals surface area contributed by atoms with E-state index in [0.29, 0.717) is 0 Å². The second-order valence-corrected chi connectivity index (χ2v) is 3.36. The van der Waals surface area contributed by atoms with Crippen LogP contribution in [-0.2, 0) is 7.05 Å². The van der Waals surface area contributed by atoms with E-state index in [1.165, 1.54) is 0 Å². The van der Waals surface area contributed by atoms with Crippen molar-refractivity contribution in [1.82, 2.24) is 9.55 Å². The third kappa shape index (κ3) is 2.11. The van der Waals surface area contributed by atoms with Gasteiger partial charge in [-0.15, -0.1) is 0 Å². The molecule has 0 saturated heterocycles. The Bertz CT molecular complexity index is 502. The Morgan fingerprint density at radius 2 is 2.19 bits per heavy atom. The summed E-state index contributed by atoms with van der Waals surface area (Å²) < 4.78 is 7.11. The van der Waals surface area contributed by atoms with Crippen LogP contribution in [-0.4, -0.2) is 22.9 Å². The summed E-state index contributed by atoms with van der Waals surface area (Å²) in [6.07, 6.45) is 5.27. The minimum Gasteiger partial charge on any atom is -0.494 e. The fourth-order valence-corrected chi connectivity index (χ4v) is 1.36. The Morgan fingerprint density at radius 3 is 2.88 bits per heavy atom. The van der Waals surface area contributed by atoms with Gasteiger partial charge in [0.15, 0.2) is 0 Å². The SMILES string of the molecule is COc1ccccc1/N=C/c1cncn1C. The van der Waals surface area contributed by atoms with Crippen molar-refractivity contribution in [3.8, 4) is 5.75 Å². The lowest BCUT2D eigenvalue weighted by molar-refractivity contribution is 0.416. The number of imidazole rings is 1. The standard InChI is InChI=1S/C12H13N3O/c1-15-9-13-7-10(15)8-14-11-5-3-4-6-12(11)16-2/h3-9H,1-2H3/b14-8+. The monoisotopic (exact) mass is 215 g/mol. The summed E-state index contributed by atoms with van der Waals surface area (Å²) >= 11 is 0. The fourth-order valence-electron chi connectivity index (χ4n) is 1.36. The number of hydrogen-bond acceptors (Lipinski definition) is 3. The third-order valence-corrected chi connectivity index (χ3v) is 2.28. The topological polar surface area (TPSA) is 39.4 Å². The van der Waals surface area contributed by atoms with Crippen LogP contribution in [0, 0.1) is 0 Å². The predicted molar refractivity (Wildman–Crippen MR) is 63.5 cm³/mol.